The van der Waals surface area contributed by atoms with Gasteiger partial charge in [0.2, 0.25) is 5.89 Å². The molecule has 1 aromatic carbocycles. The molecule has 0 saturated carbocycles. The molecule has 0 radical (unpaired) electrons. The van der Waals surface area contributed by atoms with Crippen molar-refractivity contribution in [2.24, 2.45) is 5.73 Å². The normalized spacial score (nSPS) is 12.9. The minimum atomic E-state index is -0.221. The fourth-order valence-corrected chi connectivity index (χ4v) is 2.12. The molecule has 2 N–H and O–H groups in total. The highest BCUT2D eigenvalue weighted by molar-refractivity contribution is 5.32. The van der Waals surface area contributed by atoms with Gasteiger partial charge < -0.3 is 15.2 Å². The van der Waals surface area contributed by atoms with Gasteiger partial charge in [0.15, 0.2) is 5.82 Å². The lowest BCUT2D eigenvalue weighted by molar-refractivity contribution is 0.348. The van der Waals surface area contributed by atoms with Gasteiger partial charge in [-0.05, 0) is 39.1 Å². The third-order valence-electron chi connectivity index (χ3n) is 3.22. The topological polar surface area (TPSA) is 68.2 Å². The fraction of sp³-hybridized carbons (Fsp3) is 0.467. The van der Waals surface area contributed by atoms with Crippen LogP contribution < -0.4 is 5.73 Å². The summed E-state index contributed by atoms with van der Waals surface area (Å²) in [6.45, 7) is 4.86. The Labute approximate surface area is 119 Å². The monoisotopic (exact) mass is 274 g/mol. The van der Waals surface area contributed by atoms with Crippen LogP contribution in [0.3, 0.4) is 0 Å². The van der Waals surface area contributed by atoms with Crippen LogP contribution in [-0.2, 0) is 6.42 Å². The number of benzene rings is 1. The largest absolute Gasteiger partial charge is 0.339 e. The molecule has 5 nitrogen and oxygen atoms in total. The number of hydrogen-bond acceptors (Lipinski definition) is 5. The van der Waals surface area contributed by atoms with Crippen molar-refractivity contribution in [2.75, 3.05) is 20.6 Å². The second-order valence-corrected chi connectivity index (χ2v) is 5.52. The molecule has 2 aromatic rings. The Hall–Kier alpha value is -1.72. The number of nitrogens with zero attached hydrogens (tertiary/aromatic N) is 3. The van der Waals surface area contributed by atoms with Crippen molar-refractivity contribution in [3.05, 3.63) is 46.6 Å². The second-order valence-electron chi connectivity index (χ2n) is 5.52. The molecule has 0 aliphatic rings. The highest BCUT2D eigenvalue weighted by Crippen LogP contribution is 2.16. The molecular weight excluding hydrogens is 252 g/mol. The first kappa shape index (κ1) is 14.7. The lowest BCUT2D eigenvalue weighted by atomic mass is 10.0. The van der Waals surface area contributed by atoms with Gasteiger partial charge in [0.05, 0.1) is 12.5 Å². The van der Waals surface area contributed by atoms with E-state index in [2.05, 4.69) is 42.2 Å². The van der Waals surface area contributed by atoms with Gasteiger partial charge in [-0.2, -0.15) is 4.98 Å². The highest BCUT2D eigenvalue weighted by atomic mass is 16.5. The van der Waals surface area contributed by atoms with Crippen molar-refractivity contribution in [2.45, 2.75) is 26.3 Å². The minimum absolute atomic E-state index is 0.221. The molecule has 1 unspecified atom stereocenters. The molecule has 0 aliphatic heterocycles. The molecule has 0 amide bonds. The van der Waals surface area contributed by atoms with E-state index in [0.29, 0.717) is 24.7 Å². The van der Waals surface area contributed by atoms with Crippen molar-refractivity contribution < 1.29 is 4.52 Å². The number of rotatable bonds is 5. The fourth-order valence-electron chi connectivity index (χ4n) is 2.12. The number of aromatic nitrogens is 2. The van der Waals surface area contributed by atoms with Crippen LogP contribution in [0.4, 0.5) is 0 Å². The van der Waals surface area contributed by atoms with Gasteiger partial charge in [-0.3, -0.25) is 0 Å². The van der Waals surface area contributed by atoms with E-state index in [1.165, 1.54) is 16.7 Å². The quantitative estimate of drug-likeness (QED) is 0.901. The molecule has 0 spiro atoms. The zero-order chi connectivity index (χ0) is 14.7. The van der Waals surface area contributed by atoms with Crippen LogP contribution in [0.1, 0.15) is 34.4 Å². The third kappa shape index (κ3) is 3.65. The Kier molecular flexibility index (Phi) is 4.52. The average Bonchev–Trinajstić information content (AvgIpc) is 2.82. The van der Waals surface area contributed by atoms with Crippen LogP contribution >= 0.6 is 0 Å². The Morgan fingerprint density at radius 2 is 2.05 bits per heavy atom. The maximum Gasteiger partial charge on any atom is 0.231 e. The van der Waals surface area contributed by atoms with Crippen LogP contribution in [0.5, 0.6) is 0 Å². The summed E-state index contributed by atoms with van der Waals surface area (Å²) in [7, 11) is 3.94. The third-order valence-corrected chi connectivity index (χ3v) is 3.22. The number of hydrogen-bond donors (Lipinski definition) is 1. The van der Waals surface area contributed by atoms with E-state index in [0.717, 1.165) is 0 Å². The summed E-state index contributed by atoms with van der Waals surface area (Å²) < 4.78 is 5.31. The number of nitrogens with two attached hydrogens (primary N) is 1. The Morgan fingerprint density at radius 3 is 2.75 bits per heavy atom. The summed E-state index contributed by atoms with van der Waals surface area (Å²) in [5.74, 6) is 1.18. The van der Waals surface area contributed by atoms with E-state index in [-0.39, 0.29) is 6.04 Å². The van der Waals surface area contributed by atoms with E-state index < -0.39 is 0 Å². The maximum atomic E-state index is 6.03. The molecule has 5 heteroatoms. The lowest BCUT2D eigenvalue weighted by Crippen LogP contribution is -2.26. The zero-order valence-electron chi connectivity index (χ0n) is 12.6. The summed E-state index contributed by atoms with van der Waals surface area (Å²) >= 11 is 0. The van der Waals surface area contributed by atoms with Crippen LogP contribution in [0, 0.1) is 13.8 Å². The molecule has 1 aromatic heterocycles. The predicted octanol–water partition coefficient (Wildman–Crippen LogP) is 1.84. The molecular formula is C15H22N4O. The molecule has 0 saturated heterocycles. The molecule has 1 atom stereocenters. The zero-order valence-corrected chi connectivity index (χ0v) is 12.6. The predicted molar refractivity (Wildman–Crippen MR) is 78.5 cm³/mol. The maximum absolute atomic E-state index is 6.03. The Balaban J connectivity index is 2.11. The molecule has 108 valence electrons. The smallest absolute Gasteiger partial charge is 0.231 e. The molecule has 1 heterocycles. The SMILES string of the molecule is Cc1ccc(C)c(Cc2nc(C(N)CN(C)C)no2)c1. The molecule has 0 bridgehead atoms. The second kappa shape index (κ2) is 6.15. The van der Waals surface area contributed by atoms with Crippen LogP contribution in [0.15, 0.2) is 22.7 Å². The van der Waals surface area contributed by atoms with E-state index >= 15 is 0 Å². The summed E-state index contributed by atoms with van der Waals surface area (Å²) in [6, 6.07) is 6.14. The van der Waals surface area contributed by atoms with Gasteiger partial charge in [-0.25, -0.2) is 0 Å². The summed E-state index contributed by atoms with van der Waals surface area (Å²) in [6.07, 6.45) is 0.648. The number of aryl methyl sites for hydroxylation is 2. The standard InChI is InChI=1S/C15H22N4O/c1-10-5-6-11(2)12(7-10)8-14-17-15(18-20-14)13(16)9-19(3)4/h5-7,13H,8-9,16H2,1-4H3. The van der Waals surface area contributed by atoms with Gasteiger partial charge in [0.25, 0.3) is 0 Å². The van der Waals surface area contributed by atoms with Crippen molar-refractivity contribution in [3.8, 4) is 0 Å². The lowest BCUT2D eigenvalue weighted by Gasteiger charge is -2.12. The van der Waals surface area contributed by atoms with Gasteiger partial charge in [0.1, 0.15) is 0 Å². The summed E-state index contributed by atoms with van der Waals surface area (Å²) in [5, 5.41) is 3.98. The van der Waals surface area contributed by atoms with Crippen molar-refractivity contribution in [1.82, 2.24) is 15.0 Å². The van der Waals surface area contributed by atoms with Crippen LogP contribution in [0.25, 0.3) is 0 Å². The van der Waals surface area contributed by atoms with Crippen molar-refractivity contribution in [3.63, 3.8) is 0 Å². The van der Waals surface area contributed by atoms with E-state index in [1.807, 2.05) is 19.0 Å². The van der Waals surface area contributed by atoms with Gasteiger partial charge in [0, 0.05) is 6.54 Å². The highest BCUT2D eigenvalue weighted by Gasteiger charge is 2.15. The van der Waals surface area contributed by atoms with Crippen molar-refractivity contribution in [1.29, 1.82) is 0 Å². The van der Waals surface area contributed by atoms with Crippen LogP contribution in [0.2, 0.25) is 0 Å². The van der Waals surface area contributed by atoms with Gasteiger partial charge in [-0.15, -0.1) is 0 Å². The molecule has 0 fully saturated rings. The molecule has 20 heavy (non-hydrogen) atoms. The first-order valence-corrected chi connectivity index (χ1v) is 6.74. The minimum Gasteiger partial charge on any atom is -0.339 e. The summed E-state index contributed by atoms with van der Waals surface area (Å²) in [4.78, 5) is 6.41. The van der Waals surface area contributed by atoms with E-state index in [9.17, 15) is 0 Å². The van der Waals surface area contributed by atoms with Crippen molar-refractivity contribution >= 4 is 0 Å². The van der Waals surface area contributed by atoms with Gasteiger partial charge >= 0.3 is 0 Å². The van der Waals surface area contributed by atoms with Crippen LogP contribution in [-0.4, -0.2) is 35.7 Å². The Bertz CT molecular complexity index is 577. The van der Waals surface area contributed by atoms with E-state index in [4.69, 9.17) is 10.3 Å². The van der Waals surface area contributed by atoms with Gasteiger partial charge in [-0.1, -0.05) is 28.9 Å². The first-order valence-electron chi connectivity index (χ1n) is 6.74. The molecule has 0 aliphatic carbocycles. The van der Waals surface area contributed by atoms with E-state index in [1.54, 1.807) is 0 Å². The Morgan fingerprint density at radius 1 is 1.30 bits per heavy atom. The first-order chi connectivity index (χ1) is 9.45. The average molecular weight is 274 g/mol. The molecule has 2 rings (SSSR count). The summed E-state index contributed by atoms with van der Waals surface area (Å²) in [5.41, 5.74) is 9.70. The number of likely N-dealkylation sites (N-methyl/N-ethyl adjacent to an activating group) is 1.